The monoisotopic (exact) mass is 607 g/mol. The summed E-state index contributed by atoms with van der Waals surface area (Å²) in [5.41, 5.74) is 2.12. The minimum absolute atomic E-state index is 0.0359. The number of benzene rings is 1. The molecule has 0 aliphatic carbocycles. The molecule has 5 rings (SSSR count). The number of rotatable bonds is 7. The molecule has 0 bridgehead atoms. The lowest BCUT2D eigenvalue weighted by molar-refractivity contribution is -0.396. The van der Waals surface area contributed by atoms with Crippen LogP contribution >= 0.6 is 0 Å². The molecule has 1 amide bonds. The Kier molecular flexibility index (Phi) is 8.21. The van der Waals surface area contributed by atoms with Crippen molar-refractivity contribution in [1.29, 1.82) is 0 Å². The summed E-state index contributed by atoms with van der Waals surface area (Å²) in [6.07, 6.45) is 3.25. The number of hydrogen-bond acceptors (Lipinski definition) is 9. The predicted octanol–water partition coefficient (Wildman–Crippen LogP) is 5.25. The molecular weight excluding hydrogens is 570 g/mol. The van der Waals surface area contributed by atoms with Gasteiger partial charge in [0.25, 0.3) is 0 Å². The first-order chi connectivity index (χ1) is 20.8. The molecule has 14 nitrogen and oxygen atoms in total. The summed E-state index contributed by atoms with van der Waals surface area (Å²) in [5, 5.41) is 11.2. The fraction of sp³-hybridized carbons (Fsp3) is 0.467. The number of fused-ring (bicyclic) bond motifs is 1. The molecule has 3 aromatic heterocycles. The van der Waals surface area contributed by atoms with Gasteiger partial charge in [0.05, 0.1) is 30.0 Å². The van der Waals surface area contributed by atoms with Gasteiger partial charge in [0.2, 0.25) is 0 Å². The van der Waals surface area contributed by atoms with Gasteiger partial charge in [-0.1, -0.05) is 4.98 Å². The molecular formula is C30H37N7O7. The largest absolute Gasteiger partial charge is 0.483 e. The zero-order valence-electron chi connectivity index (χ0n) is 25.9. The van der Waals surface area contributed by atoms with Crippen LogP contribution < -0.4 is 15.3 Å². The van der Waals surface area contributed by atoms with Crippen LogP contribution in [0.2, 0.25) is 0 Å². The summed E-state index contributed by atoms with van der Waals surface area (Å²) >= 11 is 0. The highest BCUT2D eigenvalue weighted by atomic mass is 16.6. The van der Waals surface area contributed by atoms with E-state index in [0.717, 1.165) is 0 Å². The van der Waals surface area contributed by atoms with Crippen molar-refractivity contribution < 1.29 is 23.9 Å². The van der Waals surface area contributed by atoms with Crippen LogP contribution in [-0.2, 0) is 23.6 Å². The molecule has 1 aliphatic heterocycles. The summed E-state index contributed by atoms with van der Waals surface area (Å²) in [6.45, 7) is 10.1. The number of aromatic nitrogens is 5. The molecule has 0 saturated carbocycles. The Balaban J connectivity index is 1.54. The van der Waals surface area contributed by atoms with Crippen LogP contribution in [0, 0.1) is 17.0 Å². The third kappa shape index (κ3) is 5.89. The Hall–Kier alpha value is -4.72. The summed E-state index contributed by atoms with van der Waals surface area (Å²) in [4.78, 5) is 47.6. The van der Waals surface area contributed by atoms with Crippen molar-refractivity contribution in [3.8, 4) is 5.75 Å². The van der Waals surface area contributed by atoms with Gasteiger partial charge in [-0.15, -0.1) is 0 Å². The van der Waals surface area contributed by atoms with Gasteiger partial charge >= 0.3 is 17.7 Å². The van der Waals surface area contributed by atoms with Gasteiger partial charge in [-0.25, -0.2) is 24.0 Å². The molecule has 1 unspecified atom stereocenters. The lowest BCUT2D eigenvalue weighted by Gasteiger charge is -2.28. The van der Waals surface area contributed by atoms with Crippen molar-refractivity contribution in [2.75, 3.05) is 18.1 Å². The maximum atomic E-state index is 13.7. The van der Waals surface area contributed by atoms with Gasteiger partial charge in [-0.2, -0.15) is 0 Å². The first-order valence-corrected chi connectivity index (χ1v) is 14.4. The number of hydrogen-bond donors (Lipinski definition) is 0. The van der Waals surface area contributed by atoms with Crippen LogP contribution in [0.25, 0.3) is 11.0 Å². The molecule has 234 valence electrons. The molecule has 0 radical (unpaired) electrons. The molecule has 1 aromatic carbocycles. The standard InChI is InChI=1S/C30H37N7O7/c1-18-14-21(43-19(2)24-16-32-27(33(24)6)37(40)41)8-9-22(18)36(29(39)44-30(3,4)5)26-15-23-25(17-31-26)34(7)28(38)35(23)20-10-12-42-13-11-20/h8-9,14-17,19-20H,10-13H2,1-7H3. The van der Waals surface area contributed by atoms with Crippen LogP contribution in [-0.4, -0.2) is 53.5 Å². The summed E-state index contributed by atoms with van der Waals surface area (Å²) in [6, 6.07) is 6.92. The summed E-state index contributed by atoms with van der Waals surface area (Å²) in [5.74, 6) is 0.511. The molecule has 1 atom stereocenters. The number of imidazole rings is 2. The topological polar surface area (TPSA) is 149 Å². The minimum atomic E-state index is -0.783. The molecule has 4 aromatic rings. The maximum absolute atomic E-state index is 13.7. The fourth-order valence-corrected chi connectivity index (χ4v) is 5.46. The van der Waals surface area contributed by atoms with Crippen molar-refractivity contribution in [1.82, 2.24) is 23.7 Å². The number of carbonyl (C=O) groups is 1. The number of nitrogens with zero attached hydrogens (tertiary/aromatic N) is 7. The number of aryl methyl sites for hydroxylation is 2. The Bertz CT molecular complexity index is 1780. The van der Waals surface area contributed by atoms with Crippen LogP contribution in [0.3, 0.4) is 0 Å². The van der Waals surface area contributed by atoms with E-state index in [1.165, 1.54) is 15.7 Å². The Morgan fingerprint density at radius 2 is 1.82 bits per heavy atom. The van der Waals surface area contributed by atoms with Crippen LogP contribution in [0.5, 0.6) is 5.75 Å². The predicted molar refractivity (Wildman–Crippen MR) is 163 cm³/mol. The van der Waals surface area contributed by atoms with Crippen molar-refractivity contribution in [2.45, 2.75) is 65.2 Å². The molecule has 44 heavy (non-hydrogen) atoms. The van der Waals surface area contributed by atoms with E-state index in [2.05, 4.69) is 9.97 Å². The highest BCUT2D eigenvalue weighted by Gasteiger charge is 2.30. The average molecular weight is 608 g/mol. The Morgan fingerprint density at radius 3 is 2.43 bits per heavy atom. The second-order valence-electron chi connectivity index (χ2n) is 11.9. The lowest BCUT2D eigenvalue weighted by atomic mass is 10.1. The first kappa shape index (κ1) is 30.7. The van der Waals surface area contributed by atoms with E-state index in [4.69, 9.17) is 14.2 Å². The SMILES string of the molecule is Cc1cc(OC(C)c2cnc([N+](=O)[O-])n2C)ccc1N(C(=O)OC(C)(C)C)c1cc2c(cn1)n(C)c(=O)n2C1CCOCC1. The summed E-state index contributed by atoms with van der Waals surface area (Å²) < 4.78 is 22.1. The average Bonchev–Trinajstić information content (AvgIpc) is 3.46. The third-order valence-corrected chi connectivity index (χ3v) is 7.62. The minimum Gasteiger partial charge on any atom is -0.483 e. The number of pyridine rings is 1. The van der Waals surface area contributed by atoms with Crippen LogP contribution in [0.1, 0.15) is 63.9 Å². The molecule has 1 fully saturated rings. The van der Waals surface area contributed by atoms with Gasteiger partial charge in [0.1, 0.15) is 23.4 Å². The van der Waals surface area contributed by atoms with E-state index >= 15 is 0 Å². The molecule has 1 aliphatic rings. The maximum Gasteiger partial charge on any atom is 0.434 e. The van der Waals surface area contributed by atoms with Crippen LogP contribution in [0.15, 0.2) is 41.5 Å². The van der Waals surface area contributed by atoms with E-state index in [0.29, 0.717) is 65.6 Å². The van der Waals surface area contributed by atoms with Crippen molar-refractivity contribution in [3.05, 3.63) is 68.5 Å². The van der Waals surface area contributed by atoms with Gasteiger partial charge in [-0.05, 0) is 76.1 Å². The van der Waals surface area contributed by atoms with Crippen molar-refractivity contribution >= 4 is 34.6 Å². The van der Waals surface area contributed by atoms with E-state index in [1.807, 2.05) is 6.92 Å². The Labute approximate surface area is 253 Å². The zero-order chi connectivity index (χ0) is 31.9. The normalized spacial score (nSPS) is 14.9. The molecule has 1 saturated heterocycles. The van der Waals surface area contributed by atoms with E-state index in [9.17, 15) is 19.7 Å². The quantitative estimate of drug-likeness (QED) is 0.203. The van der Waals surface area contributed by atoms with Crippen LogP contribution in [0.4, 0.5) is 22.2 Å². The van der Waals surface area contributed by atoms with E-state index in [1.54, 1.807) is 81.4 Å². The number of amides is 1. The first-order valence-electron chi connectivity index (χ1n) is 14.4. The van der Waals surface area contributed by atoms with Crippen molar-refractivity contribution in [3.63, 3.8) is 0 Å². The second kappa shape index (κ2) is 11.8. The highest BCUT2D eigenvalue weighted by Crippen LogP contribution is 2.35. The number of nitro groups is 1. The lowest BCUT2D eigenvalue weighted by Crippen LogP contribution is -2.34. The van der Waals surface area contributed by atoms with Crippen molar-refractivity contribution in [2.24, 2.45) is 14.1 Å². The highest BCUT2D eigenvalue weighted by molar-refractivity contribution is 5.97. The van der Waals surface area contributed by atoms with E-state index < -0.39 is 22.7 Å². The summed E-state index contributed by atoms with van der Waals surface area (Å²) in [7, 11) is 3.27. The zero-order valence-corrected chi connectivity index (χ0v) is 25.9. The molecule has 0 spiro atoms. The molecule has 0 N–H and O–H groups in total. The van der Waals surface area contributed by atoms with Gasteiger partial charge in [0, 0.05) is 32.4 Å². The Morgan fingerprint density at radius 1 is 1.11 bits per heavy atom. The fourth-order valence-electron chi connectivity index (χ4n) is 5.46. The number of carbonyl (C=O) groups excluding carboxylic acids is 1. The van der Waals surface area contributed by atoms with Gasteiger partial charge in [0.15, 0.2) is 11.8 Å². The van der Waals surface area contributed by atoms with Gasteiger partial charge < -0.3 is 24.3 Å². The molecule has 14 heteroatoms. The smallest absolute Gasteiger partial charge is 0.434 e. The second-order valence-corrected chi connectivity index (χ2v) is 11.9. The van der Waals surface area contributed by atoms with E-state index in [-0.39, 0.29) is 17.7 Å². The molecule has 4 heterocycles. The number of anilines is 2. The van der Waals surface area contributed by atoms with Gasteiger partial charge in [-0.3, -0.25) is 9.13 Å². The number of ether oxygens (including phenoxy) is 3. The third-order valence-electron chi connectivity index (χ3n) is 7.62.